The molecule has 0 radical (unpaired) electrons. The second-order valence-corrected chi connectivity index (χ2v) is 14.0. The number of nitrogens with zero attached hydrogens (tertiary/aromatic N) is 1. The van der Waals surface area contributed by atoms with Crippen LogP contribution in [0.15, 0.2) is 188 Å². The Bertz CT molecular complexity index is 2880. The van der Waals surface area contributed by atoms with Crippen molar-refractivity contribution in [1.29, 1.82) is 0 Å². The summed E-state index contributed by atoms with van der Waals surface area (Å²) < 4.78 is 2.62. The zero-order chi connectivity index (χ0) is 33.0. The van der Waals surface area contributed by atoms with Gasteiger partial charge in [0, 0.05) is 42.2 Å². The zero-order valence-electron chi connectivity index (χ0n) is 27.3. The number of anilines is 3. The second kappa shape index (κ2) is 11.7. The van der Waals surface area contributed by atoms with Gasteiger partial charge in [-0.25, -0.2) is 0 Å². The molecule has 0 amide bonds. The largest absolute Gasteiger partial charge is 0.309 e. The van der Waals surface area contributed by atoms with Crippen LogP contribution in [0.1, 0.15) is 0 Å². The Morgan fingerprint density at radius 2 is 1.02 bits per heavy atom. The second-order valence-electron chi connectivity index (χ2n) is 12.9. The molecule has 0 fully saturated rings. The van der Waals surface area contributed by atoms with Gasteiger partial charge >= 0.3 is 0 Å². The Kier molecular flexibility index (Phi) is 6.75. The molecule has 1 aromatic heterocycles. The van der Waals surface area contributed by atoms with Crippen molar-refractivity contribution < 1.29 is 0 Å². The van der Waals surface area contributed by atoms with Gasteiger partial charge in [0.2, 0.25) is 0 Å². The van der Waals surface area contributed by atoms with E-state index in [0.29, 0.717) is 0 Å². The van der Waals surface area contributed by atoms with E-state index in [1.165, 1.54) is 80.4 Å². The zero-order valence-corrected chi connectivity index (χ0v) is 28.1. The number of hydrogen-bond acceptors (Lipinski definition) is 2. The van der Waals surface area contributed by atoms with E-state index in [0.717, 1.165) is 11.4 Å². The van der Waals surface area contributed by atoms with Gasteiger partial charge in [-0.05, 0) is 74.6 Å². The Morgan fingerprint density at radius 3 is 1.90 bits per heavy atom. The molecule has 0 unspecified atom stereocenters. The minimum Gasteiger partial charge on any atom is -0.309 e. The molecule has 1 heterocycles. The van der Waals surface area contributed by atoms with Gasteiger partial charge in [-0.2, -0.15) is 0 Å². The monoisotopic (exact) mass is 653 g/mol. The van der Waals surface area contributed by atoms with Crippen molar-refractivity contribution in [3.63, 3.8) is 0 Å². The van der Waals surface area contributed by atoms with Crippen LogP contribution in [-0.4, -0.2) is 0 Å². The molecule has 10 aromatic rings. The fourth-order valence-corrected chi connectivity index (χ4v) is 8.86. The summed E-state index contributed by atoms with van der Waals surface area (Å²) in [6.07, 6.45) is 0. The Balaban J connectivity index is 1.28. The standard InChI is InChI=1S/C48H31NS/c1-2-14-34(15-3-1)40-20-10-11-24-45(40)49(37-27-25-32-13-4-5-17-35(32)29-37)46-31-44-43-30-36(39-23-12-18-33-16-6-7-19-38(33)39)26-28-47(43)50-48(44)42-22-9-8-21-41(42)46/h1-31H. The maximum atomic E-state index is 2.48. The molecule has 0 saturated heterocycles. The Morgan fingerprint density at radius 1 is 0.340 bits per heavy atom. The quantitative estimate of drug-likeness (QED) is 0.179. The first-order valence-electron chi connectivity index (χ1n) is 17.1. The summed E-state index contributed by atoms with van der Waals surface area (Å²) in [6.45, 7) is 0. The predicted octanol–water partition coefficient (Wildman–Crippen LogP) is 14.3. The van der Waals surface area contributed by atoms with Crippen LogP contribution in [0.5, 0.6) is 0 Å². The average molecular weight is 654 g/mol. The summed E-state index contributed by atoms with van der Waals surface area (Å²) in [6, 6.07) is 68.8. The van der Waals surface area contributed by atoms with E-state index >= 15 is 0 Å². The average Bonchev–Trinajstić information content (AvgIpc) is 3.56. The molecule has 0 aliphatic heterocycles. The van der Waals surface area contributed by atoms with E-state index < -0.39 is 0 Å². The SMILES string of the molecule is c1ccc(-c2ccccc2N(c2ccc3ccccc3c2)c2cc3c4cc(-c5cccc6ccccc56)ccc4sc3c3ccccc23)cc1. The number of thiophene rings is 1. The van der Waals surface area contributed by atoms with Gasteiger partial charge in [-0.1, -0.05) is 152 Å². The van der Waals surface area contributed by atoms with Crippen molar-refractivity contribution >= 4 is 80.9 Å². The van der Waals surface area contributed by atoms with Crippen LogP contribution >= 0.6 is 11.3 Å². The van der Waals surface area contributed by atoms with Gasteiger partial charge in [0.1, 0.15) is 0 Å². The van der Waals surface area contributed by atoms with Gasteiger partial charge in [-0.15, -0.1) is 11.3 Å². The van der Waals surface area contributed by atoms with Crippen molar-refractivity contribution in [2.75, 3.05) is 4.90 Å². The highest BCUT2D eigenvalue weighted by molar-refractivity contribution is 7.26. The maximum absolute atomic E-state index is 2.48. The highest BCUT2D eigenvalue weighted by Gasteiger charge is 2.22. The topological polar surface area (TPSA) is 3.24 Å². The summed E-state index contributed by atoms with van der Waals surface area (Å²) in [5.41, 5.74) is 8.34. The summed E-state index contributed by atoms with van der Waals surface area (Å²) in [4.78, 5) is 2.48. The van der Waals surface area contributed by atoms with Crippen LogP contribution in [0.2, 0.25) is 0 Å². The summed E-state index contributed by atoms with van der Waals surface area (Å²) in [5.74, 6) is 0. The molecule has 0 N–H and O–H groups in total. The lowest BCUT2D eigenvalue weighted by Crippen LogP contribution is -2.12. The molecule has 2 heteroatoms. The minimum absolute atomic E-state index is 1.13. The number of rotatable bonds is 5. The molecular formula is C48H31NS. The molecule has 10 rings (SSSR count). The molecule has 0 saturated carbocycles. The molecule has 234 valence electrons. The molecule has 0 aliphatic rings. The van der Waals surface area contributed by atoms with E-state index in [1.807, 2.05) is 11.3 Å². The maximum Gasteiger partial charge on any atom is 0.0547 e. The number of para-hydroxylation sites is 1. The van der Waals surface area contributed by atoms with Crippen LogP contribution in [0.4, 0.5) is 17.1 Å². The highest BCUT2D eigenvalue weighted by Crippen LogP contribution is 2.49. The van der Waals surface area contributed by atoms with Crippen LogP contribution in [0, 0.1) is 0 Å². The molecule has 0 spiro atoms. The van der Waals surface area contributed by atoms with Crippen LogP contribution < -0.4 is 4.90 Å². The number of benzene rings is 9. The smallest absolute Gasteiger partial charge is 0.0547 e. The van der Waals surface area contributed by atoms with Gasteiger partial charge in [0.15, 0.2) is 0 Å². The van der Waals surface area contributed by atoms with Crippen LogP contribution in [0.25, 0.3) is 74.7 Å². The van der Waals surface area contributed by atoms with Crippen LogP contribution in [0.3, 0.4) is 0 Å². The van der Waals surface area contributed by atoms with E-state index in [-0.39, 0.29) is 0 Å². The van der Waals surface area contributed by atoms with E-state index in [2.05, 4.69) is 193 Å². The van der Waals surface area contributed by atoms with Gasteiger partial charge < -0.3 is 4.90 Å². The van der Waals surface area contributed by atoms with Gasteiger partial charge in [0.25, 0.3) is 0 Å². The fraction of sp³-hybridized carbons (Fsp3) is 0. The first-order chi connectivity index (χ1) is 24.8. The molecule has 0 aliphatic carbocycles. The molecule has 1 nitrogen and oxygen atoms in total. The lowest BCUT2D eigenvalue weighted by atomic mass is 9.96. The van der Waals surface area contributed by atoms with Crippen molar-refractivity contribution in [3.8, 4) is 22.3 Å². The summed E-state index contributed by atoms with van der Waals surface area (Å²) in [7, 11) is 0. The molecular weight excluding hydrogens is 623 g/mol. The van der Waals surface area contributed by atoms with Crippen molar-refractivity contribution in [1.82, 2.24) is 0 Å². The van der Waals surface area contributed by atoms with Crippen molar-refractivity contribution in [2.24, 2.45) is 0 Å². The number of fused-ring (bicyclic) bond motifs is 7. The normalized spacial score (nSPS) is 11.6. The lowest BCUT2D eigenvalue weighted by Gasteiger charge is -2.29. The third kappa shape index (κ3) is 4.69. The highest BCUT2D eigenvalue weighted by atomic mass is 32.1. The van der Waals surface area contributed by atoms with Crippen molar-refractivity contribution in [3.05, 3.63) is 188 Å². The van der Waals surface area contributed by atoms with Gasteiger partial charge in [0.05, 0.1) is 11.4 Å². The first kappa shape index (κ1) is 28.8. The summed E-state index contributed by atoms with van der Waals surface area (Å²) in [5, 5.41) is 10.1. The molecule has 0 atom stereocenters. The van der Waals surface area contributed by atoms with Crippen molar-refractivity contribution in [2.45, 2.75) is 0 Å². The Labute approximate surface area is 294 Å². The predicted molar refractivity (Wildman–Crippen MR) is 217 cm³/mol. The van der Waals surface area contributed by atoms with E-state index in [1.54, 1.807) is 0 Å². The third-order valence-electron chi connectivity index (χ3n) is 10.0. The Hall–Kier alpha value is -6.22. The molecule has 9 aromatic carbocycles. The molecule has 50 heavy (non-hydrogen) atoms. The molecule has 0 bridgehead atoms. The summed E-state index contributed by atoms with van der Waals surface area (Å²) >= 11 is 1.89. The van der Waals surface area contributed by atoms with E-state index in [9.17, 15) is 0 Å². The number of hydrogen-bond donors (Lipinski definition) is 0. The lowest BCUT2D eigenvalue weighted by molar-refractivity contribution is 1.31. The minimum atomic E-state index is 1.13. The van der Waals surface area contributed by atoms with Crippen LogP contribution in [-0.2, 0) is 0 Å². The fourth-order valence-electron chi connectivity index (χ4n) is 7.66. The van der Waals surface area contributed by atoms with E-state index in [4.69, 9.17) is 0 Å². The third-order valence-corrected chi connectivity index (χ3v) is 11.2. The van der Waals surface area contributed by atoms with Gasteiger partial charge in [-0.3, -0.25) is 0 Å². The first-order valence-corrected chi connectivity index (χ1v) is 17.9.